The predicted molar refractivity (Wildman–Crippen MR) is 110 cm³/mol. The Hall–Kier alpha value is -4.14. The highest BCUT2D eigenvalue weighted by Crippen LogP contribution is 2.34. The van der Waals surface area contributed by atoms with Gasteiger partial charge in [0.2, 0.25) is 0 Å². The number of nitrogens with zero attached hydrogens (tertiary/aromatic N) is 5. The molecule has 0 atom stereocenters. The molecule has 0 aliphatic carbocycles. The number of aryl methyl sites for hydroxylation is 2. The van der Waals surface area contributed by atoms with Gasteiger partial charge in [-0.3, -0.25) is 4.79 Å². The predicted octanol–water partition coefficient (Wildman–Crippen LogP) is 3.74. The number of benzene rings is 1. The van der Waals surface area contributed by atoms with Crippen LogP contribution in [0.3, 0.4) is 0 Å². The molecule has 0 radical (unpaired) electrons. The van der Waals surface area contributed by atoms with Crippen LogP contribution in [0.25, 0.3) is 5.69 Å². The Morgan fingerprint density at radius 1 is 1.24 bits per heavy atom. The second kappa shape index (κ2) is 9.56. The smallest absolute Gasteiger partial charge is 0.434 e. The maximum absolute atomic E-state index is 13.6. The van der Waals surface area contributed by atoms with Crippen LogP contribution in [0, 0.1) is 18.3 Å². The summed E-state index contributed by atoms with van der Waals surface area (Å²) in [5.74, 6) is -1.25. The summed E-state index contributed by atoms with van der Waals surface area (Å²) in [5, 5.41) is 19.3. The van der Waals surface area contributed by atoms with Gasteiger partial charge in [0.15, 0.2) is 5.69 Å². The topological polar surface area (TPSA) is 115 Å². The van der Waals surface area contributed by atoms with Crippen molar-refractivity contribution in [2.24, 2.45) is 0 Å². The monoisotopic (exact) mass is 460 g/mol. The maximum Gasteiger partial charge on any atom is 0.434 e. The van der Waals surface area contributed by atoms with Crippen LogP contribution < -0.4 is 5.32 Å². The Balaban J connectivity index is 1.86. The number of rotatable bonds is 7. The quantitative estimate of drug-likeness (QED) is 0.537. The number of alkyl halides is 3. The molecule has 0 aliphatic heterocycles. The first-order valence-electron chi connectivity index (χ1n) is 9.81. The van der Waals surface area contributed by atoms with E-state index in [9.17, 15) is 22.8 Å². The normalized spacial score (nSPS) is 11.2. The number of hydrogen-bond donors (Lipinski definition) is 1. The lowest BCUT2D eigenvalue weighted by atomic mass is 10.2. The fourth-order valence-electron chi connectivity index (χ4n) is 3.09. The zero-order valence-electron chi connectivity index (χ0n) is 17.7. The van der Waals surface area contributed by atoms with Crippen LogP contribution in [0.5, 0.6) is 0 Å². The zero-order valence-corrected chi connectivity index (χ0v) is 17.7. The van der Waals surface area contributed by atoms with Gasteiger partial charge in [0.05, 0.1) is 43.2 Å². The average molecular weight is 460 g/mol. The number of halogens is 3. The van der Waals surface area contributed by atoms with E-state index >= 15 is 0 Å². The summed E-state index contributed by atoms with van der Waals surface area (Å²) >= 11 is 0. The van der Waals surface area contributed by atoms with Gasteiger partial charge in [0.25, 0.3) is 5.91 Å². The SMILES string of the molecule is CCOC(=O)c1cnn(-c2ccc(C(=O)Nc3cc(C)nn3CCC#N)cc2)c1C(F)(F)F. The number of carbonyl (C=O) groups excluding carboxylic acids is 2. The van der Waals surface area contributed by atoms with E-state index in [-0.39, 0.29) is 24.3 Å². The number of anilines is 1. The molecular formula is C21H19F3N6O3. The third kappa shape index (κ3) is 5.20. The molecule has 0 saturated heterocycles. The fraction of sp³-hybridized carbons (Fsp3) is 0.286. The standard InChI is InChI=1S/C21H19F3N6O3/c1-3-33-20(32)16-12-26-30(18(16)21(22,23)24)15-7-5-14(6-8-15)19(31)27-17-11-13(2)28-29(17)10-4-9-25/h5-8,11-12H,3-4,10H2,1-2H3,(H,27,31). The van der Waals surface area contributed by atoms with Crippen molar-refractivity contribution in [3.63, 3.8) is 0 Å². The summed E-state index contributed by atoms with van der Waals surface area (Å²) in [6, 6.07) is 8.87. The van der Waals surface area contributed by atoms with E-state index in [2.05, 4.69) is 20.3 Å². The summed E-state index contributed by atoms with van der Waals surface area (Å²) in [5.41, 5.74) is -1.14. The highest BCUT2D eigenvalue weighted by Gasteiger charge is 2.41. The summed E-state index contributed by atoms with van der Waals surface area (Å²) in [6.07, 6.45) is -3.86. The van der Waals surface area contributed by atoms with Crippen LogP contribution in [-0.4, -0.2) is 38.0 Å². The van der Waals surface area contributed by atoms with Gasteiger partial charge >= 0.3 is 12.1 Å². The van der Waals surface area contributed by atoms with E-state index in [0.29, 0.717) is 22.7 Å². The van der Waals surface area contributed by atoms with Crippen molar-refractivity contribution in [3.05, 3.63) is 59.0 Å². The Morgan fingerprint density at radius 2 is 1.94 bits per heavy atom. The molecule has 3 aromatic rings. The molecule has 1 N–H and O–H groups in total. The number of amides is 1. The van der Waals surface area contributed by atoms with E-state index in [1.54, 1.807) is 13.0 Å². The number of nitrogens with one attached hydrogen (secondary N) is 1. The van der Waals surface area contributed by atoms with Gasteiger partial charge in [-0.15, -0.1) is 0 Å². The number of hydrogen-bond acceptors (Lipinski definition) is 6. The minimum Gasteiger partial charge on any atom is -0.462 e. The Labute approximate surface area is 186 Å². The fourth-order valence-corrected chi connectivity index (χ4v) is 3.09. The van der Waals surface area contributed by atoms with Crippen molar-refractivity contribution in [2.45, 2.75) is 33.0 Å². The molecule has 0 fully saturated rings. The van der Waals surface area contributed by atoms with Gasteiger partial charge in [-0.2, -0.15) is 28.6 Å². The van der Waals surface area contributed by atoms with Crippen molar-refractivity contribution in [3.8, 4) is 11.8 Å². The molecule has 1 aromatic carbocycles. The van der Waals surface area contributed by atoms with Gasteiger partial charge in [0, 0.05) is 11.6 Å². The minimum absolute atomic E-state index is 0.00401. The highest BCUT2D eigenvalue weighted by atomic mass is 19.4. The lowest BCUT2D eigenvalue weighted by Gasteiger charge is -2.13. The molecule has 0 saturated carbocycles. The van der Waals surface area contributed by atoms with Crippen molar-refractivity contribution in [1.82, 2.24) is 19.6 Å². The summed E-state index contributed by atoms with van der Waals surface area (Å²) in [7, 11) is 0. The Morgan fingerprint density at radius 3 is 2.55 bits per heavy atom. The third-order valence-electron chi connectivity index (χ3n) is 4.49. The second-order valence-electron chi connectivity index (χ2n) is 6.84. The maximum atomic E-state index is 13.6. The van der Waals surface area contributed by atoms with Gasteiger partial charge in [-0.05, 0) is 38.1 Å². The molecule has 0 unspecified atom stereocenters. The molecule has 12 heteroatoms. The first-order chi connectivity index (χ1) is 15.7. The van der Waals surface area contributed by atoms with Crippen molar-refractivity contribution >= 4 is 17.7 Å². The van der Waals surface area contributed by atoms with Crippen LogP contribution in [-0.2, 0) is 17.5 Å². The van der Waals surface area contributed by atoms with Crippen LogP contribution in [0.4, 0.5) is 19.0 Å². The molecule has 1 amide bonds. The van der Waals surface area contributed by atoms with Crippen molar-refractivity contribution < 1.29 is 27.5 Å². The van der Waals surface area contributed by atoms with E-state index in [0.717, 1.165) is 6.20 Å². The lowest BCUT2D eigenvalue weighted by molar-refractivity contribution is -0.143. The number of esters is 1. The van der Waals surface area contributed by atoms with E-state index < -0.39 is 29.3 Å². The van der Waals surface area contributed by atoms with E-state index in [1.807, 2.05) is 6.07 Å². The van der Waals surface area contributed by atoms with Crippen LogP contribution in [0.2, 0.25) is 0 Å². The second-order valence-corrected chi connectivity index (χ2v) is 6.84. The lowest BCUT2D eigenvalue weighted by Crippen LogP contribution is -2.19. The van der Waals surface area contributed by atoms with E-state index in [1.165, 1.54) is 35.9 Å². The summed E-state index contributed by atoms with van der Waals surface area (Å²) < 4.78 is 47.7. The molecule has 172 valence electrons. The van der Waals surface area contributed by atoms with E-state index in [4.69, 9.17) is 5.26 Å². The van der Waals surface area contributed by atoms with Crippen LogP contribution in [0.15, 0.2) is 36.5 Å². The number of nitriles is 1. The van der Waals surface area contributed by atoms with Gasteiger partial charge in [-0.1, -0.05) is 0 Å². The van der Waals surface area contributed by atoms with Gasteiger partial charge in [0.1, 0.15) is 11.4 Å². The van der Waals surface area contributed by atoms with Crippen LogP contribution in [0.1, 0.15) is 45.4 Å². The number of ether oxygens (including phenoxy) is 1. The Bertz CT molecular complexity index is 1210. The largest absolute Gasteiger partial charge is 0.462 e. The van der Waals surface area contributed by atoms with Crippen LogP contribution >= 0.6 is 0 Å². The molecule has 2 aromatic heterocycles. The molecule has 9 nitrogen and oxygen atoms in total. The van der Waals surface area contributed by atoms with Gasteiger partial charge in [-0.25, -0.2) is 14.2 Å². The molecule has 33 heavy (non-hydrogen) atoms. The molecular weight excluding hydrogens is 441 g/mol. The average Bonchev–Trinajstić information content (AvgIpc) is 3.36. The zero-order chi connectivity index (χ0) is 24.2. The Kier molecular flexibility index (Phi) is 6.81. The van der Waals surface area contributed by atoms with Crippen molar-refractivity contribution in [2.75, 3.05) is 11.9 Å². The number of aromatic nitrogens is 4. The van der Waals surface area contributed by atoms with Gasteiger partial charge < -0.3 is 10.1 Å². The molecule has 2 heterocycles. The summed E-state index contributed by atoms with van der Waals surface area (Å²) in [4.78, 5) is 24.5. The third-order valence-corrected chi connectivity index (χ3v) is 4.49. The van der Waals surface area contributed by atoms with Crippen molar-refractivity contribution in [1.29, 1.82) is 5.26 Å². The molecule has 0 aliphatic rings. The number of carbonyl (C=O) groups is 2. The highest BCUT2D eigenvalue weighted by molar-refractivity contribution is 6.04. The molecule has 0 bridgehead atoms. The molecule has 3 rings (SSSR count). The minimum atomic E-state index is -4.87. The molecule has 0 spiro atoms. The first kappa shape index (κ1) is 23.5. The first-order valence-corrected chi connectivity index (χ1v) is 9.81. The summed E-state index contributed by atoms with van der Waals surface area (Å²) in [6.45, 7) is 3.43.